The molecule has 4 aliphatic heterocycles. The molecule has 3 saturated heterocycles. The topological polar surface area (TPSA) is 107 Å². The third kappa shape index (κ3) is 2.10. The third-order valence-corrected chi connectivity index (χ3v) is 10.00. The molecule has 0 bridgehead atoms. The summed E-state index contributed by atoms with van der Waals surface area (Å²) < 4.78 is 31.2. The molecule has 0 unspecified atom stereocenters. The van der Waals surface area contributed by atoms with E-state index in [2.05, 4.69) is 20.8 Å². The van der Waals surface area contributed by atoms with Crippen molar-refractivity contribution in [3.63, 3.8) is 0 Å². The molecule has 7 aliphatic rings. The predicted molar refractivity (Wildman–Crippen MR) is 111 cm³/mol. The molecule has 3 aliphatic carbocycles. The van der Waals surface area contributed by atoms with Crippen molar-refractivity contribution in [2.24, 2.45) is 17.3 Å². The van der Waals surface area contributed by atoms with Crippen LogP contribution in [-0.4, -0.2) is 65.5 Å². The van der Waals surface area contributed by atoms with Gasteiger partial charge in [0.15, 0.2) is 11.7 Å². The Balaban J connectivity index is 1.29. The number of carbonyl (C=O) groups excluding carboxylic acids is 3. The number of epoxide rings is 3. The molecule has 33 heavy (non-hydrogen) atoms. The first kappa shape index (κ1) is 20.6. The minimum atomic E-state index is -0.742. The second-order valence-electron chi connectivity index (χ2n) is 11.6. The summed E-state index contributed by atoms with van der Waals surface area (Å²) in [6.07, 6.45) is 1.48. The Labute approximate surface area is 192 Å². The van der Waals surface area contributed by atoms with Crippen molar-refractivity contribution in [1.82, 2.24) is 0 Å². The maximum absolute atomic E-state index is 12.9. The van der Waals surface area contributed by atoms with Crippen molar-refractivity contribution in [1.29, 1.82) is 0 Å². The predicted octanol–water partition coefficient (Wildman–Crippen LogP) is 2.02. The van der Waals surface area contributed by atoms with Crippen molar-refractivity contribution in [2.45, 2.75) is 101 Å². The van der Waals surface area contributed by atoms with Crippen LogP contribution in [0, 0.1) is 17.3 Å². The number of hydrogen-bond acceptors (Lipinski definition) is 8. The van der Waals surface area contributed by atoms with E-state index >= 15 is 0 Å². The number of fused-ring (bicyclic) bond motifs is 4. The standard InChI is InChI=1S/C25H30O8/c1-11(2)23-18(32-23)19-25(33-19)22(4)8-7-13-14(10-29-20(13)28)15(22)9-16-24(25,31-16)21(23)30-17(27)6-5-12(3)26/h11,15-16,18-19,21H,5-10H2,1-4H3/t15-,16-,18-,19-,21+,22-,23-,24+,25+/m0/s1. The monoisotopic (exact) mass is 458 g/mol. The molecule has 0 radical (unpaired) electrons. The van der Waals surface area contributed by atoms with Gasteiger partial charge in [0.25, 0.3) is 0 Å². The van der Waals surface area contributed by atoms with Gasteiger partial charge in [-0.25, -0.2) is 4.79 Å². The van der Waals surface area contributed by atoms with Gasteiger partial charge in [0.05, 0.1) is 12.5 Å². The maximum atomic E-state index is 12.9. The molecular weight excluding hydrogens is 428 g/mol. The summed E-state index contributed by atoms with van der Waals surface area (Å²) in [5.74, 6) is -0.364. The minimum Gasteiger partial charge on any atom is -0.458 e. The highest BCUT2D eigenvalue weighted by atomic mass is 16.8. The number of esters is 2. The summed E-state index contributed by atoms with van der Waals surface area (Å²) in [7, 11) is 0. The lowest BCUT2D eigenvalue weighted by molar-refractivity contribution is -0.169. The van der Waals surface area contributed by atoms with Crippen LogP contribution in [0.1, 0.15) is 59.8 Å². The summed E-state index contributed by atoms with van der Waals surface area (Å²) in [4.78, 5) is 36.6. The molecule has 5 fully saturated rings. The molecule has 0 aromatic rings. The van der Waals surface area contributed by atoms with Crippen molar-refractivity contribution in [3.05, 3.63) is 11.1 Å². The number of carbonyl (C=O) groups is 3. The summed E-state index contributed by atoms with van der Waals surface area (Å²) in [5, 5.41) is 0. The molecular formula is C25H30O8. The van der Waals surface area contributed by atoms with Crippen molar-refractivity contribution in [2.75, 3.05) is 6.61 Å². The maximum Gasteiger partial charge on any atom is 0.334 e. The number of ketones is 1. The van der Waals surface area contributed by atoms with E-state index in [1.807, 2.05) is 0 Å². The largest absolute Gasteiger partial charge is 0.458 e. The van der Waals surface area contributed by atoms with E-state index in [-0.39, 0.29) is 60.2 Å². The normalized spacial score (nSPS) is 51.9. The van der Waals surface area contributed by atoms with E-state index in [4.69, 9.17) is 23.7 Å². The van der Waals surface area contributed by atoms with Crippen LogP contribution in [0.3, 0.4) is 0 Å². The second kappa shape index (κ2) is 5.89. The van der Waals surface area contributed by atoms with Gasteiger partial charge in [-0.1, -0.05) is 20.8 Å². The lowest BCUT2D eigenvalue weighted by Crippen LogP contribution is -2.70. The molecule has 4 heterocycles. The Kier molecular flexibility index (Phi) is 3.67. The first-order chi connectivity index (χ1) is 15.6. The van der Waals surface area contributed by atoms with Gasteiger partial charge in [-0.2, -0.15) is 0 Å². The number of rotatable bonds is 5. The molecule has 0 aromatic heterocycles. The highest BCUT2D eigenvalue weighted by Gasteiger charge is 3.01. The second-order valence-corrected chi connectivity index (χ2v) is 11.6. The van der Waals surface area contributed by atoms with Crippen LogP contribution in [0.15, 0.2) is 11.1 Å². The molecule has 2 saturated carbocycles. The third-order valence-electron chi connectivity index (χ3n) is 10.00. The average Bonchev–Trinajstić information content (AvgIpc) is 3.65. The number of Topliss-reactive ketones (excluding diaryl/α,β-unsaturated/α-hetero) is 1. The van der Waals surface area contributed by atoms with Gasteiger partial charge in [-0.15, -0.1) is 0 Å². The van der Waals surface area contributed by atoms with Crippen molar-refractivity contribution in [3.8, 4) is 0 Å². The fourth-order valence-corrected chi connectivity index (χ4v) is 8.31. The van der Waals surface area contributed by atoms with Crippen LogP contribution >= 0.6 is 0 Å². The Hall–Kier alpha value is -1.77. The Morgan fingerprint density at radius 1 is 1.15 bits per heavy atom. The molecule has 8 heteroatoms. The minimum absolute atomic E-state index is 0.0388. The zero-order valence-corrected chi connectivity index (χ0v) is 19.5. The highest BCUT2D eigenvalue weighted by molar-refractivity contribution is 5.92. The Morgan fingerprint density at radius 3 is 2.67 bits per heavy atom. The Bertz CT molecular complexity index is 1050. The molecule has 7 rings (SSSR count). The zero-order chi connectivity index (χ0) is 23.1. The van der Waals surface area contributed by atoms with Crippen LogP contribution in [0.5, 0.6) is 0 Å². The summed E-state index contributed by atoms with van der Waals surface area (Å²) in [6.45, 7) is 8.27. The molecule has 178 valence electrons. The van der Waals surface area contributed by atoms with Gasteiger partial charge in [0.1, 0.15) is 35.8 Å². The first-order valence-corrected chi connectivity index (χ1v) is 12.2. The lowest BCUT2D eigenvalue weighted by atomic mass is 9.46. The van der Waals surface area contributed by atoms with Gasteiger partial charge in [-0.3, -0.25) is 4.79 Å². The summed E-state index contributed by atoms with van der Waals surface area (Å²) in [5.41, 5.74) is -0.303. The van der Waals surface area contributed by atoms with Gasteiger partial charge < -0.3 is 28.5 Å². The van der Waals surface area contributed by atoms with E-state index < -0.39 is 28.9 Å². The SMILES string of the molecule is CC(=O)CCC(=O)O[C@@H]1[C@@]2(C(C)C)O[C@H]2[C@@H]2O[C@]23[C@]12O[C@H]2C[C@H]1C2=C(CC[C@@]13C)C(=O)OC2. The van der Waals surface area contributed by atoms with Gasteiger partial charge in [0, 0.05) is 17.4 Å². The van der Waals surface area contributed by atoms with E-state index in [1.165, 1.54) is 6.92 Å². The molecule has 0 aromatic carbocycles. The average molecular weight is 459 g/mol. The molecule has 0 amide bonds. The fraction of sp³-hybridized carbons (Fsp3) is 0.800. The quantitative estimate of drug-likeness (QED) is 0.455. The van der Waals surface area contributed by atoms with E-state index in [9.17, 15) is 14.4 Å². The molecule has 9 atom stereocenters. The number of hydrogen-bond donors (Lipinski definition) is 0. The van der Waals surface area contributed by atoms with Crippen LogP contribution in [-0.2, 0) is 38.1 Å². The first-order valence-electron chi connectivity index (χ1n) is 12.2. The van der Waals surface area contributed by atoms with Crippen LogP contribution in [0.25, 0.3) is 0 Å². The van der Waals surface area contributed by atoms with Crippen LogP contribution < -0.4 is 0 Å². The van der Waals surface area contributed by atoms with Crippen LogP contribution in [0.2, 0.25) is 0 Å². The van der Waals surface area contributed by atoms with Gasteiger partial charge in [0.2, 0.25) is 0 Å². The smallest absolute Gasteiger partial charge is 0.334 e. The van der Waals surface area contributed by atoms with E-state index in [0.29, 0.717) is 13.0 Å². The number of ether oxygens (including phenoxy) is 5. The lowest BCUT2D eigenvalue weighted by Gasteiger charge is -2.53. The van der Waals surface area contributed by atoms with Crippen LogP contribution in [0.4, 0.5) is 0 Å². The van der Waals surface area contributed by atoms with E-state index in [1.54, 1.807) is 0 Å². The number of cyclic esters (lactones) is 1. The molecule has 8 nitrogen and oxygen atoms in total. The highest BCUT2D eigenvalue weighted by Crippen LogP contribution is 2.83. The van der Waals surface area contributed by atoms with Crippen molar-refractivity contribution >= 4 is 17.7 Å². The zero-order valence-electron chi connectivity index (χ0n) is 19.5. The molecule has 2 spiro atoms. The fourth-order valence-electron chi connectivity index (χ4n) is 8.31. The summed E-state index contributed by atoms with van der Waals surface area (Å²) in [6, 6.07) is 0. The molecule has 0 N–H and O–H groups in total. The van der Waals surface area contributed by atoms with Crippen molar-refractivity contribution < 1.29 is 38.1 Å². The van der Waals surface area contributed by atoms with Gasteiger partial charge in [-0.05, 0) is 43.6 Å². The Morgan fingerprint density at radius 2 is 1.94 bits per heavy atom. The van der Waals surface area contributed by atoms with E-state index in [0.717, 1.165) is 24.0 Å². The van der Waals surface area contributed by atoms with Gasteiger partial charge >= 0.3 is 11.9 Å². The summed E-state index contributed by atoms with van der Waals surface area (Å²) >= 11 is 0.